The van der Waals surface area contributed by atoms with Crippen LogP contribution < -0.4 is 52.6 Å². The summed E-state index contributed by atoms with van der Waals surface area (Å²) < 4.78 is 23.3. The number of para-hydroxylation sites is 1. The molecule has 5 aliphatic heterocycles. The number of aliphatic hydroxyl groups is 3. The molecule has 7 heterocycles. The van der Waals surface area contributed by atoms with E-state index < -0.39 is 93.4 Å². The van der Waals surface area contributed by atoms with E-state index in [-0.39, 0.29) is 130 Å². The molecule has 2 saturated heterocycles. The molecule has 1 saturated carbocycles. The van der Waals surface area contributed by atoms with Gasteiger partial charge in [-0.15, -0.1) is 6.42 Å². The molecular formula is C90H115N13O19S4. The molecule has 13 N–H and O–H groups in total. The lowest BCUT2D eigenvalue weighted by Crippen LogP contribution is -2.82. The van der Waals surface area contributed by atoms with Crippen molar-refractivity contribution in [3.63, 3.8) is 0 Å². The number of ketones is 2. The zero-order valence-corrected chi connectivity index (χ0v) is 75.4. The summed E-state index contributed by atoms with van der Waals surface area (Å²) in [7, 11) is 8.95. The maximum atomic E-state index is 15.2. The molecule has 2 aromatic heterocycles. The van der Waals surface area contributed by atoms with Gasteiger partial charge in [-0.05, 0) is 129 Å². The number of carboxylic acids is 1. The van der Waals surface area contributed by atoms with E-state index in [1.165, 1.54) is 55.3 Å². The number of carbonyl (C=O) groups excluding carboxylic acids is 9. The van der Waals surface area contributed by atoms with Gasteiger partial charge in [-0.25, -0.2) is 20.0 Å². The number of aromatic nitrogens is 3. The van der Waals surface area contributed by atoms with Gasteiger partial charge >= 0.3 is 18.0 Å². The normalized spacial score (nSPS) is 24.2. The number of aromatic amines is 2. The van der Waals surface area contributed by atoms with Crippen molar-refractivity contribution in [1.82, 2.24) is 51.6 Å². The number of terminal acetylenes is 1. The van der Waals surface area contributed by atoms with Crippen LogP contribution in [0.25, 0.3) is 21.8 Å². The van der Waals surface area contributed by atoms with Crippen molar-refractivity contribution in [2.75, 3.05) is 125 Å². The first-order valence-electron chi connectivity index (χ1n) is 42.9. The maximum absolute atomic E-state index is 15.2. The smallest absolute Gasteiger partial charge is 0.426 e. The number of piperidine rings is 1. The Kier molecular flexibility index (Phi) is 31.7. The number of carboxylic acid groups (broad SMARTS) is 1. The highest BCUT2D eigenvalue weighted by Gasteiger charge is 2.79. The number of nitrogens with one attached hydrogen (secondary N) is 7. The highest BCUT2D eigenvalue weighted by Crippen LogP contribution is 2.68. The molecule has 678 valence electrons. The fraction of sp³-hybridized carbons (Fsp3) is 0.533. The number of likely N-dealkylation sites (N-methyl/N-ethyl adjacent to an activating group) is 1. The molecule has 6 aromatic rings. The van der Waals surface area contributed by atoms with Crippen LogP contribution in [0.1, 0.15) is 144 Å². The summed E-state index contributed by atoms with van der Waals surface area (Å²) in [4.78, 5) is 163. The van der Waals surface area contributed by atoms with Crippen molar-refractivity contribution in [2.24, 2.45) is 29.1 Å². The summed E-state index contributed by atoms with van der Waals surface area (Å²) in [5, 5.41) is 58.1. The molecule has 3 fully saturated rings. The summed E-state index contributed by atoms with van der Waals surface area (Å²) in [5.74, 6) is -1.31. The molecule has 32 nitrogen and oxygen atoms in total. The Hall–Kier alpha value is -9.84. The number of nitrogens with two attached hydrogens (primary N) is 1. The summed E-state index contributed by atoms with van der Waals surface area (Å²) in [6.45, 7) is 13.4. The largest absolute Gasteiger partial charge is 0.496 e. The van der Waals surface area contributed by atoms with Crippen molar-refractivity contribution in [2.45, 2.75) is 164 Å². The average Bonchev–Trinajstić information content (AvgIpc) is 1.47. The molecule has 1 spiro atoms. The number of methoxy groups -OCH3 is 1. The number of benzene rings is 4. The quantitative estimate of drug-likeness (QED) is 0.00262. The number of carbonyl (C=O) groups is 10. The maximum Gasteiger partial charge on any atom is 0.426 e. The topological polar surface area (TPSA) is 449 Å². The number of amides is 5. The number of H-pyrrole nitrogens is 2. The predicted octanol–water partition coefficient (Wildman–Crippen LogP) is 7.27. The number of hydrogen-bond donors (Lipinski definition) is 12. The van der Waals surface area contributed by atoms with Crippen LogP contribution in [0.5, 0.6) is 5.75 Å². The van der Waals surface area contributed by atoms with Gasteiger partial charge in [-0.3, -0.25) is 63.4 Å². The van der Waals surface area contributed by atoms with Crippen molar-refractivity contribution < 1.29 is 87.3 Å². The second-order valence-corrected chi connectivity index (χ2v) is 39.4. The van der Waals surface area contributed by atoms with Crippen molar-refractivity contribution in [3.05, 3.63) is 135 Å². The third-order valence-electron chi connectivity index (χ3n) is 26.2. The van der Waals surface area contributed by atoms with Gasteiger partial charge in [-0.1, -0.05) is 120 Å². The van der Waals surface area contributed by atoms with Gasteiger partial charge in [0.25, 0.3) is 23.8 Å². The minimum Gasteiger partial charge on any atom is -0.496 e. The van der Waals surface area contributed by atoms with E-state index in [0.29, 0.717) is 135 Å². The number of aliphatic hydroxyl groups excluding tert-OH is 1. The average molecular weight is 1810 g/mol. The van der Waals surface area contributed by atoms with Gasteiger partial charge in [0.05, 0.1) is 41.6 Å². The number of hydrazine groups is 1. The van der Waals surface area contributed by atoms with Crippen LogP contribution in [0.3, 0.4) is 0 Å². The first-order valence-corrected chi connectivity index (χ1v) is 47.8. The number of hydrogen-bond acceptors (Lipinski definition) is 28. The van der Waals surface area contributed by atoms with Crippen molar-refractivity contribution in [3.8, 4) is 18.1 Å². The van der Waals surface area contributed by atoms with Crippen LogP contribution in [0.2, 0.25) is 0 Å². The number of anilines is 3. The van der Waals surface area contributed by atoms with Crippen LogP contribution >= 0.6 is 43.2 Å². The molecule has 5 amide bonds. The number of esters is 1. The van der Waals surface area contributed by atoms with Gasteiger partial charge in [0.1, 0.15) is 49.3 Å². The summed E-state index contributed by atoms with van der Waals surface area (Å²) in [6.07, 6.45) is 9.93. The second-order valence-electron chi connectivity index (χ2n) is 34.0. The molecular weight excluding hydrogens is 1700 g/mol. The van der Waals surface area contributed by atoms with E-state index in [0.717, 1.165) is 38.9 Å². The SMILES string of the molecule is C#CCN(Cc1ccc2nc(N)[nH]c(=O)c2c1)c1ccc(C(=O)N[C@@H](CCC(=O)OCCSSCCC(=O)C[C@@H](C)[C@@H](C)C(=O)C[C@@H](C)C(=O)NCCNC(=O)CCSSCCOC(=O)NNC(=O)[C@]2(O)[C@H](O)[C@]3(CC)C=CCN4CC[C@@]5(c6cc([C@@]7(COC=O)CC8CN(CCc9c7[nH]c7ccccc97)C[C@](O)(CC)C8)c(OC)cc6N(C)[C@@H]25)[C@@H]43)C(=O)O)cc1. The first kappa shape index (κ1) is 95.3. The van der Waals surface area contributed by atoms with E-state index in [9.17, 15) is 68.4 Å². The molecule has 2 bridgehead atoms. The van der Waals surface area contributed by atoms with Crippen LogP contribution in [-0.2, 0) is 76.4 Å². The lowest BCUT2D eigenvalue weighted by atomic mass is 9.47. The standard InChI is InChI=1S/C90H115N13O19S4/c1-9-32-103(50-57-17-22-68-64(44-57)78(111)97-84(91)96-68)60-20-18-59(19-21-60)77(110)95-69(79(112)113)23-24-74(108)121-36-40-125-123-38-26-61(105)42-54(4)56(6)71(106)43-55(5)76(109)93-31-30-92-73(107)27-39-124-126-41-37-122-85(116)99-98-83(115)90(118)81-89(29-35-102-33-14-28-87(11-3,80(89)102)82(90)114)65-45-66(72(119-8)46-70(65)100(81)7)88(52-120-53-104)48-58-47-86(117,10-2)51-101(49-58)34-25-63-62-15-12-13-16-67(62)94-75(63)88/h1,12-22,28,44-46,53-56,58,69,80-82,94,114,117-118H,10-11,23-27,29-43,47-52H2,2-8H3,(H,92,107)(H,93,109)(H,95,110)(H,98,115)(H,99,116)(H,112,113)(H3,91,96,97,111)/t54-,55-,56-,58?,69+,80+,81-,82-,86+,87-,88+,89-,90-/m1/s1. The Morgan fingerprint density at radius 3 is 2.29 bits per heavy atom. The zero-order chi connectivity index (χ0) is 90.4. The minimum absolute atomic E-state index is 0.00520. The Labute approximate surface area is 747 Å². The fourth-order valence-electron chi connectivity index (χ4n) is 19.9. The van der Waals surface area contributed by atoms with Gasteiger partial charge in [0, 0.05) is 182 Å². The lowest BCUT2D eigenvalue weighted by molar-refractivity contribution is -0.204. The third kappa shape index (κ3) is 20.6. The van der Waals surface area contributed by atoms with E-state index in [1.54, 1.807) is 58.3 Å². The van der Waals surface area contributed by atoms with Gasteiger partial charge in [0.2, 0.25) is 17.8 Å². The first-order chi connectivity index (χ1) is 60.4. The number of fused-ring (bicyclic) bond motifs is 7. The number of aliphatic carboxylic acids is 1. The third-order valence-corrected chi connectivity index (χ3v) is 30.9. The highest BCUT2D eigenvalue weighted by molar-refractivity contribution is 8.77. The molecule has 126 heavy (non-hydrogen) atoms. The highest BCUT2D eigenvalue weighted by atomic mass is 33.1. The Balaban J connectivity index is 0.527. The Morgan fingerprint density at radius 1 is 0.833 bits per heavy atom. The number of ether oxygens (including phenoxy) is 4. The van der Waals surface area contributed by atoms with Crippen molar-refractivity contribution in [1.29, 1.82) is 0 Å². The van der Waals surface area contributed by atoms with Crippen LogP contribution in [0.15, 0.2) is 95.8 Å². The van der Waals surface area contributed by atoms with Crippen molar-refractivity contribution >= 4 is 142 Å². The number of nitrogen functional groups attached to an aromatic ring is 1. The monoisotopic (exact) mass is 1810 g/mol. The molecule has 4 aromatic carbocycles. The molecule has 2 unspecified atom stereocenters. The van der Waals surface area contributed by atoms with Gasteiger partial charge < -0.3 is 75.8 Å². The number of rotatable bonds is 42. The molecule has 0 radical (unpaired) electrons. The summed E-state index contributed by atoms with van der Waals surface area (Å²) in [5.41, 5.74) is 10.4. The van der Waals surface area contributed by atoms with Gasteiger partial charge in [0.15, 0.2) is 5.60 Å². The molecule has 36 heteroatoms. The van der Waals surface area contributed by atoms with E-state index in [2.05, 4.69) is 69.6 Å². The van der Waals surface area contributed by atoms with E-state index in [1.807, 2.05) is 67.0 Å². The lowest BCUT2D eigenvalue weighted by Gasteiger charge is -2.63. The summed E-state index contributed by atoms with van der Waals surface area (Å²) >= 11 is 0. The zero-order valence-electron chi connectivity index (χ0n) is 72.1. The number of Topliss-reactive ketones (excluding diaryl/α,β-unsaturated/α-hetero) is 2. The van der Waals surface area contributed by atoms with E-state index in [4.69, 9.17) is 31.1 Å². The number of nitrogens with zero attached hydrogens (tertiary/aromatic N) is 5. The second kappa shape index (κ2) is 41.9. The van der Waals surface area contributed by atoms with Crippen LogP contribution in [-0.4, -0.2) is 250 Å². The summed E-state index contributed by atoms with van der Waals surface area (Å²) in [6, 6.07) is 20.9. The molecule has 6 aliphatic rings. The van der Waals surface area contributed by atoms with Gasteiger partial charge in [-0.2, -0.15) is 0 Å². The molecule has 1 aliphatic carbocycles. The van der Waals surface area contributed by atoms with Crippen LogP contribution in [0.4, 0.5) is 22.1 Å². The predicted molar refractivity (Wildman–Crippen MR) is 486 cm³/mol. The van der Waals surface area contributed by atoms with E-state index >= 15 is 4.79 Å². The Morgan fingerprint density at radius 2 is 1.56 bits per heavy atom. The Bertz CT molecular complexity index is 5150. The van der Waals surface area contributed by atoms with Crippen LogP contribution in [0, 0.1) is 41.4 Å². The molecule has 14 atom stereocenters. The minimum atomic E-state index is -2.58. The molecule has 12 rings (SSSR count). The fourth-order valence-corrected chi connectivity index (χ4v) is 23.6.